The van der Waals surface area contributed by atoms with Crippen LogP contribution in [0.15, 0.2) is 0 Å². The predicted molar refractivity (Wildman–Crippen MR) is 50.0 cm³/mol. The summed E-state index contributed by atoms with van der Waals surface area (Å²) in [6, 6.07) is 0. The molecule has 76 valence electrons. The van der Waals surface area contributed by atoms with Crippen LogP contribution in [0.3, 0.4) is 0 Å². The topological polar surface area (TPSA) is 58.4 Å². The monoisotopic (exact) mass is 195 g/mol. The van der Waals surface area contributed by atoms with Crippen LogP contribution in [0.25, 0.3) is 0 Å². The number of carboxylic acid groups (broad SMARTS) is 1. The first-order valence-electron chi connectivity index (χ1n) is 4.64. The summed E-state index contributed by atoms with van der Waals surface area (Å²) in [6.45, 7) is 3.95. The molecule has 1 aliphatic rings. The number of hydrogen-bond acceptors (Lipinski definition) is 3. The number of rotatable bonds is 2. The van der Waals surface area contributed by atoms with E-state index in [1.807, 2.05) is 14.0 Å². The summed E-state index contributed by atoms with van der Waals surface area (Å²) in [5.74, 6) is -0.879. The van der Waals surface area contributed by atoms with E-state index >= 15 is 0 Å². The fourth-order valence-electron chi connectivity index (χ4n) is 1.89. The zero-order valence-corrected chi connectivity index (χ0v) is 8.32. The third-order valence-electron chi connectivity index (χ3n) is 2.48. The highest BCUT2D eigenvalue weighted by atomic mass is 16.4. The lowest BCUT2D eigenvalue weighted by atomic mass is 10.2. The van der Waals surface area contributed by atoms with E-state index in [2.05, 4.69) is 10.00 Å². The van der Waals surface area contributed by atoms with Crippen molar-refractivity contribution in [3.8, 4) is 0 Å². The molecule has 2 heterocycles. The molecule has 14 heavy (non-hydrogen) atoms. The van der Waals surface area contributed by atoms with Gasteiger partial charge in [0.2, 0.25) is 0 Å². The molecule has 0 atom stereocenters. The van der Waals surface area contributed by atoms with Crippen molar-refractivity contribution in [3.63, 3.8) is 0 Å². The van der Waals surface area contributed by atoms with Gasteiger partial charge in [-0.3, -0.25) is 9.58 Å². The SMILES string of the molecule is CCn1nc2c(c1C(=O)O)CN(C)C2. The molecule has 0 aromatic carbocycles. The molecule has 0 spiro atoms. The van der Waals surface area contributed by atoms with Crippen molar-refractivity contribution in [3.05, 3.63) is 17.0 Å². The standard InChI is InChI=1S/C9H13N3O2/c1-3-12-8(9(13)14)6-4-11(2)5-7(6)10-12/h3-5H2,1-2H3,(H,13,14). The van der Waals surface area contributed by atoms with E-state index in [1.54, 1.807) is 4.68 Å². The van der Waals surface area contributed by atoms with Gasteiger partial charge in [0.1, 0.15) is 0 Å². The van der Waals surface area contributed by atoms with Crippen molar-refractivity contribution < 1.29 is 9.90 Å². The Morgan fingerprint density at radius 2 is 2.29 bits per heavy atom. The van der Waals surface area contributed by atoms with E-state index in [1.165, 1.54) is 0 Å². The second-order valence-corrected chi connectivity index (χ2v) is 3.57. The van der Waals surface area contributed by atoms with E-state index in [9.17, 15) is 4.79 Å². The van der Waals surface area contributed by atoms with Crippen molar-refractivity contribution in [2.75, 3.05) is 7.05 Å². The van der Waals surface area contributed by atoms with Gasteiger partial charge in [0.25, 0.3) is 0 Å². The van der Waals surface area contributed by atoms with Crippen LogP contribution in [-0.4, -0.2) is 32.8 Å². The number of carboxylic acids is 1. The number of nitrogens with zero attached hydrogens (tertiary/aromatic N) is 3. The van der Waals surface area contributed by atoms with Crippen molar-refractivity contribution in [2.45, 2.75) is 26.6 Å². The molecule has 1 aromatic heterocycles. The van der Waals surface area contributed by atoms with E-state index in [0.717, 1.165) is 17.8 Å². The molecule has 5 heteroatoms. The van der Waals surface area contributed by atoms with Crippen LogP contribution in [0, 0.1) is 0 Å². The fraction of sp³-hybridized carbons (Fsp3) is 0.556. The van der Waals surface area contributed by atoms with Crippen molar-refractivity contribution in [1.29, 1.82) is 0 Å². The first-order chi connectivity index (χ1) is 6.63. The Morgan fingerprint density at radius 3 is 2.86 bits per heavy atom. The fourth-order valence-corrected chi connectivity index (χ4v) is 1.89. The molecule has 0 unspecified atom stereocenters. The van der Waals surface area contributed by atoms with E-state index in [-0.39, 0.29) is 0 Å². The van der Waals surface area contributed by atoms with Crippen molar-refractivity contribution in [1.82, 2.24) is 14.7 Å². The average Bonchev–Trinajstić information content (AvgIpc) is 2.58. The summed E-state index contributed by atoms with van der Waals surface area (Å²) in [5.41, 5.74) is 2.14. The molecule has 2 rings (SSSR count). The quantitative estimate of drug-likeness (QED) is 0.748. The largest absolute Gasteiger partial charge is 0.477 e. The van der Waals surface area contributed by atoms with Crippen LogP contribution in [-0.2, 0) is 19.6 Å². The van der Waals surface area contributed by atoms with Crippen molar-refractivity contribution >= 4 is 5.97 Å². The number of fused-ring (bicyclic) bond motifs is 1. The maximum Gasteiger partial charge on any atom is 0.354 e. The van der Waals surface area contributed by atoms with Crippen LogP contribution in [0.1, 0.15) is 28.7 Å². The van der Waals surface area contributed by atoms with Crippen LogP contribution in [0.5, 0.6) is 0 Å². The first kappa shape index (κ1) is 9.21. The molecule has 0 fully saturated rings. The lowest BCUT2D eigenvalue weighted by molar-refractivity contribution is 0.0681. The Morgan fingerprint density at radius 1 is 1.57 bits per heavy atom. The van der Waals surface area contributed by atoms with Gasteiger partial charge in [0, 0.05) is 25.2 Å². The average molecular weight is 195 g/mol. The Hall–Kier alpha value is -1.36. The third kappa shape index (κ3) is 1.21. The minimum absolute atomic E-state index is 0.354. The summed E-state index contributed by atoms with van der Waals surface area (Å²) in [6.07, 6.45) is 0. The number of hydrogen-bond donors (Lipinski definition) is 1. The Labute approximate surface area is 81.9 Å². The van der Waals surface area contributed by atoms with Gasteiger partial charge >= 0.3 is 5.97 Å². The lowest BCUT2D eigenvalue weighted by Crippen LogP contribution is -2.15. The maximum absolute atomic E-state index is 11.0. The van der Waals surface area contributed by atoms with E-state index in [0.29, 0.717) is 18.8 Å². The molecule has 1 aromatic rings. The maximum atomic E-state index is 11.0. The minimum Gasteiger partial charge on any atom is -0.477 e. The molecular formula is C9H13N3O2. The van der Waals surface area contributed by atoms with Gasteiger partial charge in [-0.15, -0.1) is 0 Å². The normalized spacial score (nSPS) is 15.9. The predicted octanol–water partition coefficient (Wildman–Crippen LogP) is 0.547. The molecule has 0 radical (unpaired) electrons. The smallest absolute Gasteiger partial charge is 0.354 e. The molecule has 0 saturated carbocycles. The van der Waals surface area contributed by atoms with Gasteiger partial charge in [-0.2, -0.15) is 5.10 Å². The molecule has 0 bridgehead atoms. The van der Waals surface area contributed by atoms with Crippen LogP contribution < -0.4 is 0 Å². The first-order valence-corrected chi connectivity index (χ1v) is 4.64. The Balaban J connectivity index is 2.51. The van der Waals surface area contributed by atoms with Gasteiger partial charge in [0.05, 0.1) is 5.69 Å². The number of aromatic nitrogens is 2. The Bertz CT molecular complexity index is 384. The summed E-state index contributed by atoms with van der Waals surface area (Å²) < 4.78 is 1.57. The molecule has 0 saturated heterocycles. The van der Waals surface area contributed by atoms with Crippen LogP contribution >= 0.6 is 0 Å². The molecular weight excluding hydrogens is 182 g/mol. The molecule has 5 nitrogen and oxygen atoms in total. The molecule has 1 aliphatic heterocycles. The molecule has 0 aliphatic carbocycles. The van der Waals surface area contributed by atoms with E-state index < -0.39 is 5.97 Å². The van der Waals surface area contributed by atoms with Gasteiger partial charge in [0.15, 0.2) is 5.69 Å². The van der Waals surface area contributed by atoms with E-state index in [4.69, 9.17) is 5.11 Å². The summed E-state index contributed by atoms with van der Waals surface area (Å²) in [5, 5.41) is 13.3. The third-order valence-corrected chi connectivity index (χ3v) is 2.48. The highest BCUT2D eigenvalue weighted by Gasteiger charge is 2.28. The number of carbonyl (C=O) groups is 1. The highest BCUT2D eigenvalue weighted by Crippen LogP contribution is 2.24. The lowest BCUT2D eigenvalue weighted by Gasteiger charge is -2.07. The van der Waals surface area contributed by atoms with Gasteiger partial charge in [-0.25, -0.2) is 4.79 Å². The Kier molecular flexibility index (Phi) is 2.03. The molecule has 0 amide bonds. The highest BCUT2D eigenvalue weighted by molar-refractivity contribution is 5.88. The second-order valence-electron chi connectivity index (χ2n) is 3.57. The zero-order valence-electron chi connectivity index (χ0n) is 8.32. The number of aromatic carboxylic acids is 1. The van der Waals surface area contributed by atoms with Gasteiger partial charge < -0.3 is 5.11 Å². The van der Waals surface area contributed by atoms with Crippen molar-refractivity contribution in [2.24, 2.45) is 0 Å². The van der Waals surface area contributed by atoms with Gasteiger partial charge in [-0.1, -0.05) is 0 Å². The summed E-state index contributed by atoms with van der Waals surface area (Å²) in [7, 11) is 1.96. The summed E-state index contributed by atoms with van der Waals surface area (Å²) >= 11 is 0. The zero-order chi connectivity index (χ0) is 10.3. The minimum atomic E-state index is -0.879. The van der Waals surface area contributed by atoms with Gasteiger partial charge in [-0.05, 0) is 14.0 Å². The second kappa shape index (κ2) is 3.09. The van der Waals surface area contributed by atoms with Crippen LogP contribution in [0.2, 0.25) is 0 Å². The molecule has 1 N–H and O–H groups in total. The number of aryl methyl sites for hydroxylation is 1. The van der Waals surface area contributed by atoms with Crippen LogP contribution in [0.4, 0.5) is 0 Å². The summed E-state index contributed by atoms with van der Waals surface area (Å²) in [4.78, 5) is 13.1.